The van der Waals surface area contributed by atoms with Crippen LogP contribution in [0.15, 0.2) is 59.7 Å². The van der Waals surface area contributed by atoms with Crippen molar-refractivity contribution in [1.29, 1.82) is 0 Å². The second-order valence-corrected chi connectivity index (χ2v) is 8.20. The Bertz CT molecular complexity index is 1100. The van der Waals surface area contributed by atoms with Gasteiger partial charge in [0.2, 0.25) is 0 Å². The summed E-state index contributed by atoms with van der Waals surface area (Å²) in [7, 11) is -3.79. The monoisotopic (exact) mass is 414 g/mol. The number of benzene rings is 1. The number of sulfonamides is 1. The minimum absolute atomic E-state index is 0.118. The Morgan fingerprint density at radius 2 is 1.79 bits per heavy atom. The van der Waals surface area contributed by atoms with E-state index in [1.165, 1.54) is 34.8 Å². The zero-order valence-corrected chi connectivity index (χ0v) is 16.0. The quantitative estimate of drug-likeness (QED) is 0.665. The molecule has 0 unspecified atom stereocenters. The Morgan fingerprint density at radius 3 is 2.45 bits per heavy atom. The Kier molecular flexibility index (Phi) is 5.79. The van der Waals surface area contributed by atoms with Gasteiger partial charge in [-0.25, -0.2) is 27.3 Å². The summed E-state index contributed by atoms with van der Waals surface area (Å²) < 4.78 is 27.3. The third kappa shape index (κ3) is 4.69. The number of rotatable bonds is 7. The molecular formula is C20H18N2O6S. The average Bonchev–Trinajstić information content (AvgIpc) is 3.10. The van der Waals surface area contributed by atoms with E-state index < -0.39 is 22.0 Å². The first kappa shape index (κ1) is 20.3. The second-order valence-electron chi connectivity index (χ2n) is 6.34. The van der Waals surface area contributed by atoms with Crippen LogP contribution in [0.3, 0.4) is 0 Å². The van der Waals surface area contributed by atoms with Crippen LogP contribution in [0.5, 0.6) is 0 Å². The van der Waals surface area contributed by atoms with Crippen molar-refractivity contribution in [1.82, 2.24) is 4.98 Å². The van der Waals surface area contributed by atoms with E-state index in [-0.39, 0.29) is 11.4 Å². The molecule has 1 aliphatic heterocycles. The lowest BCUT2D eigenvalue weighted by Crippen LogP contribution is -2.29. The molecule has 0 atom stereocenters. The highest BCUT2D eigenvalue weighted by molar-refractivity contribution is 7.92. The fraction of sp³-hybridized carbons (Fsp3) is 0.150. The van der Waals surface area contributed by atoms with Crippen LogP contribution in [0.1, 0.15) is 16.7 Å². The topological polar surface area (TPSA) is 125 Å². The summed E-state index contributed by atoms with van der Waals surface area (Å²) >= 11 is 0. The van der Waals surface area contributed by atoms with Gasteiger partial charge in [0.1, 0.15) is 5.82 Å². The van der Waals surface area contributed by atoms with Crippen molar-refractivity contribution in [2.24, 2.45) is 0 Å². The molecule has 0 radical (unpaired) electrons. The summed E-state index contributed by atoms with van der Waals surface area (Å²) in [5.41, 5.74) is 2.11. The first-order valence-corrected chi connectivity index (χ1v) is 10.1. The molecule has 2 N–H and O–H groups in total. The standard InChI is InChI=1S/C20H18N2O6S/c23-18(24)3-1-2-14-4-7-17(8-5-14)29(27,28)22-11-10-16-12-15(6-9-19(25)26)13-21-20(16)22/h1,3-9,12-13H,2,10-11H2,(H,23,24)(H,25,26). The minimum Gasteiger partial charge on any atom is -0.478 e. The van der Waals surface area contributed by atoms with E-state index in [4.69, 9.17) is 10.2 Å². The Labute approximate surface area is 167 Å². The van der Waals surface area contributed by atoms with Crippen molar-refractivity contribution < 1.29 is 28.2 Å². The summed E-state index contributed by atoms with van der Waals surface area (Å²) in [6.07, 6.45) is 7.23. The second kappa shape index (κ2) is 8.27. The highest BCUT2D eigenvalue weighted by Crippen LogP contribution is 2.31. The van der Waals surface area contributed by atoms with E-state index in [0.29, 0.717) is 24.2 Å². The van der Waals surface area contributed by atoms with E-state index in [9.17, 15) is 18.0 Å². The number of carboxylic acid groups (broad SMARTS) is 2. The van der Waals surface area contributed by atoms with Crippen LogP contribution in [-0.4, -0.2) is 42.1 Å². The van der Waals surface area contributed by atoms with Crippen LogP contribution in [0.25, 0.3) is 6.08 Å². The number of carbonyl (C=O) groups is 2. The maximum atomic E-state index is 13.0. The molecule has 8 nitrogen and oxygen atoms in total. The lowest BCUT2D eigenvalue weighted by atomic mass is 10.1. The van der Waals surface area contributed by atoms with Crippen molar-refractivity contribution >= 4 is 33.9 Å². The molecule has 1 aliphatic rings. The van der Waals surface area contributed by atoms with Crippen molar-refractivity contribution in [2.75, 3.05) is 10.8 Å². The molecule has 0 fully saturated rings. The normalized spacial score (nSPS) is 13.9. The molecule has 0 amide bonds. The fourth-order valence-electron chi connectivity index (χ4n) is 2.97. The first-order chi connectivity index (χ1) is 13.8. The number of aromatic nitrogens is 1. The summed E-state index contributed by atoms with van der Waals surface area (Å²) in [5.74, 6) is -1.77. The number of aliphatic carboxylic acids is 2. The Morgan fingerprint density at radius 1 is 1.10 bits per heavy atom. The molecular weight excluding hydrogens is 396 g/mol. The van der Waals surface area contributed by atoms with Gasteiger partial charge in [0.15, 0.2) is 0 Å². The third-order valence-corrected chi connectivity index (χ3v) is 6.13. The lowest BCUT2D eigenvalue weighted by Gasteiger charge is -2.18. The lowest BCUT2D eigenvalue weighted by molar-refractivity contribution is -0.132. The van der Waals surface area contributed by atoms with Crippen molar-refractivity contribution in [3.8, 4) is 0 Å². The van der Waals surface area contributed by atoms with Crippen LogP contribution in [-0.2, 0) is 32.5 Å². The number of anilines is 1. The van der Waals surface area contributed by atoms with Gasteiger partial charge < -0.3 is 10.2 Å². The van der Waals surface area contributed by atoms with E-state index in [1.54, 1.807) is 18.2 Å². The smallest absolute Gasteiger partial charge is 0.328 e. The summed E-state index contributed by atoms with van der Waals surface area (Å²) in [4.78, 5) is 25.5. The van der Waals surface area contributed by atoms with Gasteiger partial charge >= 0.3 is 11.9 Å². The van der Waals surface area contributed by atoms with Gasteiger partial charge in [0.05, 0.1) is 4.90 Å². The predicted molar refractivity (Wildman–Crippen MR) is 106 cm³/mol. The van der Waals surface area contributed by atoms with Crippen LogP contribution < -0.4 is 4.31 Å². The number of hydrogen-bond donors (Lipinski definition) is 2. The molecule has 2 heterocycles. The largest absolute Gasteiger partial charge is 0.478 e. The number of allylic oxidation sites excluding steroid dienone is 1. The molecule has 3 rings (SSSR count). The first-order valence-electron chi connectivity index (χ1n) is 8.68. The molecule has 0 aliphatic carbocycles. The molecule has 1 aromatic carbocycles. The maximum absolute atomic E-state index is 13.0. The third-order valence-electron chi connectivity index (χ3n) is 4.33. The molecule has 150 valence electrons. The molecule has 1 aromatic heterocycles. The Balaban J connectivity index is 1.81. The minimum atomic E-state index is -3.79. The zero-order chi connectivity index (χ0) is 21.0. The van der Waals surface area contributed by atoms with E-state index in [1.807, 2.05) is 0 Å². The fourth-order valence-corrected chi connectivity index (χ4v) is 4.43. The Hall–Kier alpha value is -3.46. The highest BCUT2D eigenvalue weighted by atomic mass is 32.2. The molecule has 2 aromatic rings. The van der Waals surface area contributed by atoms with E-state index >= 15 is 0 Å². The molecule has 0 saturated heterocycles. The van der Waals surface area contributed by atoms with Crippen LogP contribution in [0.2, 0.25) is 0 Å². The van der Waals surface area contributed by atoms with Gasteiger partial charge in [0.25, 0.3) is 10.0 Å². The predicted octanol–water partition coefficient (Wildman–Crippen LogP) is 2.11. The van der Waals surface area contributed by atoms with Gasteiger partial charge in [-0.05, 0) is 53.8 Å². The SMILES string of the molecule is O=C(O)C=CCc1ccc(S(=O)(=O)N2CCc3cc(C=CC(=O)O)cnc32)cc1. The van der Waals surface area contributed by atoms with Gasteiger partial charge in [-0.3, -0.25) is 0 Å². The molecule has 9 heteroatoms. The van der Waals surface area contributed by atoms with Gasteiger partial charge in [0, 0.05) is 24.9 Å². The van der Waals surface area contributed by atoms with Gasteiger partial charge in [-0.1, -0.05) is 18.2 Å². The van der Waals surface area contributed by atoms with Crippen molar-refractivity contribution in [3.05, 3.63) is 71.4 Å². The van der Waals surface area contributed by atoms with Crippen LogP contribution >= 0.6 is 0 Å². The highest BCUT2D eigenvalue weighted by Gasteiger charge is 2.32. The van der Waals surface area contributed by atoms with Crippen LogP contribution in [0, 0.1) is 0 Å². The summed E-state index contributed by atoms with van der Waals surface area (Å²) in [6, 6.07) is 7.99. The van der Waals surface area contributed by atoms with E-state index in [2.05, 4.69) is 4.98 Å². The zero-order valence-electron chi connectivity index (χ0n) is 15.2. The molecule has 29 heavy (non-hydrogen) atoms. The number of pyridine rings is 1. The van der Waals surface area contributed by atoms with Crippen molar-refractivity contribution in [2.45, 2.75) is 17.7 Å². The number of nitrogens with zero attached hydrogens (tertiary/aromatic N) is 2. The van der Waals surface area contributed by atoms with Gasteiger partial charge in [-0.2, -0.15) is 0 Å². The van der Waals surface area contributed by atoms with E-state index in [0.717, 1.165) is 23.3 Å². The van der Waals surface area contributed by atoms with Crippen LogP contribution in [0.4, 0.5) is 5.82 Å². The summed E-state index contributed by atoms with van der Waals surface area (Å²) in [5, 5.41) is 17.3. The molecule has 0 spiro atoms. The maximum Gasteiger partial charge on any atom is 0.328 e. The number of carboxylic acids is 2. The van der Waals surface area contributed by atoms with Gasteiger partial charge in [-0.15, -0.1) is 0 Å². The summed E-state index contributed by atoms with van der Waals surface area (Å²) in [6.45, 7) is 0.250. The average molecular weight is 414 g/mol. The molecule has 0 bridgehead atoms. The van der Waals surface area contributed by atoms with Crippen molar-refractivity contribution in [3.63, 3.8) is 0 Å². The molecule has 0 saturated carbocycles. The number of fused-ring (bicyclic) bond motifs is 1. The number of hydrogen-bond acceptors (Lipinski definition) is 5.